The van der Waals surface area contributed by atoms with Crippen LogP contribution in [0.25, 0.3) is 10.9 Å². The number of sulfonamides is 1. The predicted molar refractivity (Wildman–Crippen MR) is 152 cm³/mol. The zero-order valence-corrected chi connectivity index (χ0v) is 23.1. The number of thiocarbonyl (C=S) groups is 1. The average Bonchev–Trinajstić information content (AvgIpc) is 2.96. The Morgan fingerprint density at radius 2 is 1.62 bits per heavy atom. The Morgan fingerprint density at radius 3 is 2.28 bits per heavy atom. The van der Waals surface area contributed by atoms with Gasteiger partial charge in [0.2, 0.25) is 5.95 Å². The van der Waals surface area contributed by atoms with Crippen molar-refractivity contribution in [1.82, 2.24) is 24.8 Å². The quantitative estimate of drug-likeness (QED) is 0.317. The second-order valence-corrected chi connectivity index (χ2v) is 10.9. The van der Waals surface area contributed by atoms with Crippen molar-refractivity contribution >= 4 is 49.9 Å². The molecule has 0 amide bonds. The highest BCUT2D eigenvalue weighted by Gasteiger charge is 2.23. The van der Waals surface area contributed by atoms with Crippen LogP contribution in [0, 0.1) is 0 Å². The summed E-state index contributed by atoms with van der Waals surface area (Å²) in [6.45, 7) is 2.96. The number of hydrogen-bond donors (Lipinski definition) is 1. The van der Waals surface area contributed by atoms with E-state index in [0.717, 1.165) is 53.5 Å². The van der Waals surface area contributed by atoms with E-state index in [0.29, 0.717) is 17.9 Å². The molecule has 1 N–H and O–H groups in total. The van der Waals surface area contributed by atoms with Gasteiger partial charge in [-0.3, -0.25) is 0 Å². The Kier molecular flexibility index (Phi) is 7.70. The standard InChI is InChI=1S/C26H27N7O4S2/c1-36-22-15-20-21(16-23(22)37-2)29-17-30-25(20)33-12-10-32(11-13-33)24(38)14-18-4-6-19(7-5-18)39(34,35)31-26-27-8-3-9-28-26/h3-9,15-17H,10-14H2,1-2H3,(H,27,28,31). The fraction of sp³-hybridized carbons (Fsp3) is 0.269. The number of rotatable bonds is 8. The van der Waals surface area contributed by atoms with Crippen molar-refractivity contribution in [2.24, 2.45) is 0 Å². The van der Waals surface area contributed by atoms with Crippen LogP contribution in [-0.2, 0) is 16.4 Å². The van der Waals surface area contributed by atoms with Crippen LogP contribution in [0.5, 0.6) is 11.5 Å². The van der Waals surface area contributed by atoms with Gasteiger partial charge in [0.05, 0.1) is 29.6 Å². The van der Waals surface area contributed by atoms with Gasteiger partial charge in [-0.15, -0.1) is 0 Å². The summed E-state index contributed by atoms with van der Waals surface area (Å²) in [5.41, 5.74) is 1.72. The molecular weight excluding hydrogens is 538 g/mol. The van der Waals surface area contributed by atoms with E-state index in [4.69, 9.17) is 21.7 Å². The highest BCUT2D eigenvalue weighted by Crippen LogP contribution is 2.35. The zero-order valence-electron chi connectivity index (χ0n) is 21.4. The SMILES string of the molecule is COc1cc2ncnc(N3CCN(C(=S)Cc4ccc(S(=O)(=O)Nc5ncccn5)cc4)CC3)c2cc1OC. The zero-order chi connectivity index (χ0) is 27.4. The summed E-state index contributed by atoms with van der Waals surface area (Å²) in [6, 6.07) is 12.0. The average molecular weight is 566 g/mol. The van der Waals surface area contributed by atoms with Crippen molar-refractivity contribution in [3.63, 3.8) is 0 Å². The number of ether oxygens (including phenoxy) is 2. The lowest BCUT2D eigenvalue weighted by Crippen LogP contribution is -2.49. The lowest BCUT2D eigenvalue weighted by atomic mass is 10.1. The molecule has 0 atom stereocenters. The van der Waals surface area contributed by atoms with Crippen LogP contribution >= 0.6 is 12.2 Å². The Bertz CT molecular complexity index is 1580. The van der Waals surface area contributed by atoms with Crippen LogP contribution in [0.4, 0.5) is 11.8 Å². The molecule has 4 aromatic rings. The minimum Gasteiger partial charge on any atom is -0.493 e. The van der Waals surface area contributed by atoms with Gasteiger partial charge in [-0.05, 0) is 29.8 Å². The molecule has 0 spiro atoms. The van der Waals surface area contributed by atoms with Gasteiger partial charge in [0.1, 0.15) is 12.1 Å². The van der Waals surface area contributed by atoms with Crippen molar-refractivity contribution in [2.75, 3.05) is 50.0 Å². The van der Waals surface area contributed by atoms with E-state index in [1.54, 1.807) is 50.9 Å². The highest BCUT2D eigenvalue weighted by atomic mass is 32.2. The van der Waals surface area contributed by atoms with E-state index >= 15 is 0 Å². The molecule has 5 rings (SSSR count). The highest BCUT2D eigenvalue weighted by molar-refractivity contribution is 7.92. The molecule has 1 aliphatic rings. The monoisotopic (exact) mass is 565 g/mol. The smallest absolute Gasteiger partial charge is 0.264 e. The van der Waals surface area contributed by atoms with E-state index in [9.17, 15) is 8.42 Å². The minimum atomic E-state index is -3.78. The second-order valence-electron chi connectivity index (χ2n) is 8.79. The van der Waals surface area contributed by atoms with Crippen LogP contribution in [0.2, 0.25) is 0 Å². The van der Waals surface area contributed by atoms with E-state index in [1.165, 1.54) is 12.4 Å². The molecule has 3 heterocycles. The molecule has 0 radical (unpaired) electrons. The lowest BCUT2D eigenvalue weighted by Gasteiger charge is -2.37. The van der Waals surface area contributed by atoms with Crippen molar-refractivity contribution in [3.05, 3.63) is 66.7 Å². The number of hydrogen-bond acceptors (Lipinski definition) is 10. The van der Waals surface area contributed by atoms with Gasteiger partial charge in [0, 0.05) is 56.4 Å². The molecule has 202 valence electrons. The van der Waals surface area contributed by atoms with Gasteiger partial charge in [0.25, 0.3) is 10.0 Å². The number of nitrogens with one attached hydrogen (secondary N) is 1. The Morgan fingerprint density at radius 1 is 0.949 bits per heavy atom. The Labute approximate surface area is 231 Å². The largest absolute Gasteiger partial charge is 0.493 e. The molecule has 1 aliphatic heterocycles. The first-order valence-electron chi connectivity index (χ1n) is 12.2. The van der Waals surface area contributed by atoms with E-state index in [1.807, 2.05) is 12.1 Å². The molecule has 0 bridgehead atoms. The first kappa shape index (κ1) is 26.5. The first-order chi connectivity index (χ1) is 18.9. The third-order valence-corrected chi connectivity index (χ3v) is 8.18. The van der Waals surface area contributed by atoms with Gasteiger partial charge in [-0.1, -0.05) is 24.4 Å². The molecule has 0 unspecified atom stereocenters. The molecular formula is C26H27N7O4S2. The first-order valence-corrected chi connectivity index (χ1v) is 14.1. The van der Waals surface area contributed by atoms with Crippen molar-refractivity contribution in [3.8, 4) is 11.5 Å². The topological polar surface area (TPSA) is 123 Å². The Hall–Kier alpha value is -4.10. The summed E-state index contributed by atoms with van der Waals surface area (Å²) in [7, 11) is -0.578. The maximum atomic E-state index is 12.6. The fourth-order valence-electron chi connectivity index (χ4n) is 4.39. The van der Waals surface area contributed by atoms with Crippen molar-refractivity contribution < 1.29 is 17.9 Å². The van der Waals surface area contributed by atoms with Gasteiger partial charge in [-0.25, -0.2) is 33.1 Å². The van der Waals surface area contributed by atoms with E-state index in [-0.39, 0.29) is 10.8 Å². The maximum absolute atomic E-state index is 12.6. The number of nitrogens with zero attached hydrogens (tertiary/aromatic N) is 6. The van der Waals surface area contributed by atoms with Crippen LogP contribution < -0.4 is 19.1 Å². The molecule has 0 saturated carbocycles. The number of piperazine rings is 1. The molecule has 39 heavy (non-hydrogen) atoms. The molecule has 0 aliphatic carbocycles. The second kappa shape index (κ2) is 11.3. The molecule has 13 heteroatoms. The Balaban J connectivity index is 1.21. The number of benzene rings is 2. The molecule has 1 saturated heterocycles. The molecule has 11 nitrogen and oxygen atoms in total. The van der Waals surface area contributed by atoms with Crippen LogP contribution in [0.3, 0.4) is 0 Å². The lowest BCUT2D eigenvalue weighted by molar-refractivity contribution is 0.355. The van der Waals surface area contributed by atoms with Crippen molar-refractivity contribution in [1.29, 1.82) is 0 Å². The summed E-state index contributed by atoms with van der Waals surface area (Å²) >= 11 is 5.75. The number of fused-ring (bicyclic) bond motifs is 1. The molecule has 1 fully saturated rings. The predicted octanol–water partition coefficient (Wildman–Crippen LogP) is 2.93. The fourth-order valence-corrected chi connectivity index (χ4v) is 5.70. The third kappa shape index (κ3) is 5.83. The number of aromatic nitrogens is 4. The van der Waals surface area contributed by atoms with E-state index < -0.39 is 10.0 Å². The normalized spacial score (nSPS) is 13.8. The summed E-state index contributed by atoms with van der Waals surface area (Å²) in [4.78, 5) is 22.1. The third-order valence-electron chi connectivity index (χ3n) is 6.43. The van der Waals surface area contributed by atoms with Gasteiger partial charge >= 0.3 is 0 Å². The molecule has 2 aromatic carbocycles. The van der Waals surface area contributed by atoms with E-state index in [2.05, 4.69) is 34.5 Å². The van der Waals surface area contributed by atoms with Crippen molar-refractivity contribution in [2.45, 2.75) is 11.3 Å². The molecule has 2 aromatic heterocycles. The van der Waals surface area contributed by atoms with Gasteiger partial charge < -0.3 is 19.3 Å². The summed E-state index contributed by atoms with van der Waals surface area (Å²) in [5.74, 6) is 2.12. The number of anilines is 2. The summed E-state index contributed by atoms with van der Waals surface area (Å²) < 4.78 is 38.5. The van der Waals surface area contributed by atoms with Crippen LogP contribution in [0.1, 0.15) is 5.56 Å². The van der Waals surface area contributed by atoms with Crippen LogP contribution in [0.15, 0.2) is 66.1 Å². The summed E-state index contributed by atoms with van der Waals surface area (Å²) in [6.07, 6.45) is 5.04. The maximum Gasteiger partial charge on any atom is 0.264 e. The summed E-state index contributed by atoms with van der Waals surface area (Å²) in [5, 5.41) is 0.898. The minimum absolute atomic E-state index is 0.0238. The van der Waals surface area contributed by atoms with Crippen LogP contribution in [-0.4, -0.2) is 78.6 Å². The number of methoxy groups -OCH3 is 2. The van der Waals surface area contributed by atoms with Gasteiger partial charge in [-0.2, -0.15) is 0 Å². The van der Waals surface area contributed by atoms with Gasteiger partial charge in [0.15, 0.2) is 11.5 Å².